The molecule has 3 aromatic heterocycles. The highest BCUT2D eigenvalue weighted by Crippen LogP contribution is 2.27. The van der Waals surface area contributed by atoms with Crippen molar-refractivity contribution in [3.63, 3.8) is 0 Å². The van der Waals surface area contributed by atoms with Crippen molar-refractivity contribution >= 4 is 38.6 Å². The lowest BCUT2D eigenvalue weighted by Crippen LogP contribution is -2.28. The minimum absolute atomic E-state index is 0.202. The number of H-pyrrole nitrogens is 1. The van der Waals surface area contributed by atoms with Crippen molar-refractivity contribution in [2.75, 3.05) is 4.72 Å². The van der Waals surface area contributed by atoms with Gasteiger partial charge >= 0.3 is 5.69 Å². The molecule has 1 amide bonds. The third-order valence-corrected chi connectivity index (χ3v) is 7.22. The van der Waals surface area contributed by atoms with Crippen LogP contribution >= 0.6 is 11.3 Å². The number of benzene rings is 1. The van der Waals surface area contributed by atoms with Crippen LogP contribution in [0.5, 0.6) is 0 Å². The molecular formula is C19H17N5O4S2. The van der Waals surface area contributed by atoms with Crippen molar-refractivity contribution in [3.05, 3.63) is 81.7 Å². The SMILES string of the molecule is CC(NC(=O)c1ccc2n[nH]c(=O)n2c1)c1ccccc1NS(=O)(=O)c1cccs1. The molecule has 0 aliphatic carbocycles. The first-order valence-corrected chi connectivity index (χ1v) is 11.2. The molecule has 0 radical (unpaired) electrons. The minimum atomic E-state index is -3.72. The number of carbonyl (C=O) groups is 1. The molecule has 4 rings (SSSR count). The molecule has 30 heavy (non-hydrogen) atoms. The average Bonchev–Trinajstić information content (AvgIpc) is 3.39. The van der Waals surface area contributed by atoms with Gasteiger partial charge in [0.05, 0.1) is 17.3 Å². The van der Waals surface area contributed by atoms with E-state index in [9.17, 15) is 18.0 Å². The van der Waals surface area contributed by atoms with Gasteiger partial charge in [-0.2, -0.15) is 5.10 Å². The highest BCUT2D eigenvalue weighted by atomic mass is 32.2. The number of aromatic nitrogens is 3. The summed E-state index contributed by atoms with van der Waals surface area (Å²) in [5, 5.41) is 10.7. The number of thiophene rings is 1. The highest BCUT2D eigenvalue weighted by Gasteiger charge is 2.20. The summed E-state index contributed by atoms with van der Waals surface area (Å²) >= 11 is 1.12. The molecule has 3 N–H and O–H groups in total. The van der Waals surface area contributed by atoms with Gasteiger partial charge < -0.3 is 5.32 Å². The van der Waals surface area contributed by atoms with Gasteiger partial charge in [0.1, 0.15) is 4.21 Å². The second kappa shape index (κ2) is 7.76. The number of sulfonamides is 1. The summed E-state index contributed by atoms with van der Waals surface area (Å²) in [7, 11) is -3.72. The monoisotopic (exact) mass is 443 g/mol. The molecule has 0 fully saturated rings. The zero-order chi connectivity index (χ0) is 21.3. The van der Waals surface area contributed by atoms with Crippen molar-refractivity contribution in [1.82, 2.24) is 19.9 Å². The van der Waals surface area contributed by atoms with Crippen LogP contribution in [0.25, 0.3) is 5.65 Å². The lowest BCUT2D eigenvalue weighted by molar-refractivity contribution is 0.0939. The van der Waals surface area contributed by atoms with Gasteiger partial charge in [0.15, 0.2) is 5.65 Å². The van der Waals surface area contributed by atoms with Gasteiger partial charge in [-0.05, 0) is 42.1 Å². The van der Waals surface area contributed by atoms with Gasteiger partial charge in [-0.3, -0.25) is 9.52 Å². The van der Waals surface area contributed by atoms with Crippen LogP contribution in [0.4, 0.5) is 5.69 Å². The molecule has 0 aliphatic heterocycles. The van der Waals surface area contributed by atoms with Gasteiger partial charge in [-0.25, -0.2) is 22.7 Å². The van der Waals surface area contributed by atoms with Crippen LogP contribution in [0.3, 0.4) is 0 Å². The summed E-state index contributed by atoms with van der Waals surface area (Å²) < 4.78 is 29.2. The highest BCUT2D eigenvalue weighted by molar-refractivity contribution is 7.94. The second-order valence-corrected chi connectivity index (χ2v) is 9.35. The predicted octanol–water partition coefficient (Wildman–Crippen LogP) is 2.38. The molecular weight excluding hydrogens is 426 g/mol. The Morgan fingerprint density at radius 1 is 1.17 bits per heavy atom. The first kappa shape index (κ1) is 19.9. The summed E-state index contributed by atoms with van der Waals surface area (Å²) in [6.45, 7) is 1.75. The number of nitrogens with zero attached hydrogens (tertiary/aromatic N) is 2. The Morgan fingerprint density at radius 3 is 2.73 bits per heavy atom. The third-order valence-electron chi connectivity index (χ3n) is 4.45. The van der Waals surface area contributed by atoms with E-state index in [-0.39, 0.29) is 9.77 Å². The summed E-state index contributed by atoms with van der Waals surface area (Å²) in [6.07, 6.45) is 1.40. The predicted molar refractivity (Wildman–Crippen MR) is 113 cm³/mol. The Balaban J connectivity index is 1.57. The molecule has 0 spiro atoms. The first-order valence-electron chi connectivity index (χ1n) is 8.88. The van der Waals surface area contributed by atoms with Gasteiger partial charge in [0.25, 0.3) is 15.9 Å². The number of hydrogen-bond donors (Lipinski definition) is 3. The molecule has 4 aromatic rings. The molecule has 0 bridgehead atoms. The van der Waals surface area contributed by atoms with Gasteiger partial charge in [0.2, 0.25) is 0 Å². The number of hydrogen-bond acceptors (Lipinski definition) is 6. The Labute approximate surface area is 175 Å². The Hall–Kier alpha value is -3.44. The van der Waals surface area contributed by atoms with E-state index in [1.807, 2.05) is 0 Å². The lowest BCUT2D eigenvalue weighted by atomic mass is 10.1. The van der Waals surface area contributed by atoms with E-state index in [2.05, 4.69) is 20.2 Å². The molecule has 9 nitrogen and oxygen atoms in total. The zero-order valence-corrected chi connectivity index (χ0v) is 17.3. The molecule has 1 aromatic carbocycles. The van der Waals surface area contributed by atoms with Crippen LogP contribution in [0, 0.1) is 0 Å². The normalized spacial score (nSPS) is 12.6. The van der Waals surface area contributed by atoms with Gasteiger partial charge in [0, 0.05) is 6.20 Å². The second-order valence-electron chi connectivity index (χ2n) is 6.49. The molecule has 154 valence electrons. The van der Waals surface area contributed by atoms with Crippen molar-refractivity contribution in [2.24, 2.45) is 0 Å². The van der Waals surface area contributed by atoms with Crippen LogP contribution < -0.4 is 15.7 Å². The summed E-state index contributed by atoms with van der Waals surface area (Å²) in [5.41, 5.74) is 1.21. The number of amides is 1. The number of rotatable bonds is 6. The fraction of sp³-hybridized carbons (Fsp3) is 0.105. The first-order chi connectivity index (χ1) is 14.3. The maximum Gasteiger partial charge on any atom is 0.347 e. The van der Waals surface area contributed by atoms with Crippen LogP contribution in [0.1, 0.15) is 28.9 Å². The maximum absolute atomic E-state index is 12.7. The number of carbonyl (C=O) groups excluding carboxylic acids is 1. The number of para-hydroxylation sites is 1. The lowest BCUT2D eigenvalue weighted by Gasteiger charge is -2.19. The molecule has 0 saturated heterocycles. The number of aromatic amines is 1. The number of nitrogens with one attached hydrogen (secondary N) is 3. The standard InChI is InChI=1S/C19H17N5O4S2/c1-12(20-18(25)13-8-9-16-21-22-19(26)24(16)11-13)14-5-2-3-6-15(14)23-30(27,28)17-7-4-10-29-17/h2-12,23H,1H3,(H,20,25)(H,22,26). The molecule has 0 aliphatic rings. The quantitative estimate of drug-likeness (QED) is 0.422. The topological polar surface area (TPSA) is 125 Å². The van der Waals surface area contributed by atoms with Crippen LogP contribution in [-0.4, -0.2) is 28.9 Å². The maximum atomic E-state index is 12.7. The Morgan fingerprint density at radius 2 is 1.97 bits per heavy atom. The fourth-order valence-electron chi connectivity index (χ4n) is 2.98. The molecule has 1 atom stereocenters. The van der Waals surface area contributed by atoms with Crippen LogP contribution in [0.2, 0.25) is 0 Å². The fourth-order valence-corrected chi connectivity index (χ4v) is 5.06. The van der Waals surface area contributed by atoms with E-state index in [0.29, 0.717) is 16.9 Å². The Bertz CT molecular complexity index is 1370. The minimum Gasteiger partial charge on any atom is -0.345 e. The largest absolute Gasteiger partial charge is 0.347 e. The van der Waals surface area contributed by atoms with E-state index in [0.717, 1.165) is 11.3 Å². The molecule has 3 heterocycles. The van der Waals surface area contributed by atoms with Crippen molar-refractivity contribution in [1.29, 1.82) is 0 Å². The van der Waals surface area contributed by atoms with E-state index >= 15 is 0 Å². The number of anilines is 1. The summed E-state index contributed by atoms with van der Waals surface area (Å²) in [6, 6.07) is 12.6. The third kappa shape index (κ3) is 3.84. The average molecular weight is 444 g/mol. The molecule has 0 saturated carbocycles. The van der Waals surface area contributed by atoms with E-state index in [4.69, 9.17) is 0 Å². The van der Waals surface area contributed by atoms with Crippen molar-refractivity contribution < 1.29 is 13.2 Å². The smallest absolute Gasteiger partial charge is 0.345 e. The van der Waals surface area contributed by atoms with E-state index in [1.165, 1.54) is 16.7 Å². The summed E-state index contributed by atoms with van der Waals surface area (Å²) in [5.74, 6) is -0.409. The van der Waals surface area contributed by atoms with Gasteiger partial charge in [-0.15, -0.1) is 11.3 Å². The van der Waals surface area contributed by atoms with E-state index < -0.39 is 27.7 Å². The van der Waals surface area contributed by atoms with E-state index in [1.54, 1.807) is 54.8 Å². The number of fused-ring (bicyclic) bond motifs is 1. The summed E-state index contributed by atoms with van der Waals surface area (Å²) in [4.78, 5) is 24.4. The Kier molecular flexibility index (Phi) is 5.14. The zero-order valence-electron chi connectivity index (χ0n) is 15.7. The van der Waals surface area contributed by atoms with Crippen LogP contribution in [0.15, 0.2) is 69.1 Å². The van der Waals surface area contributed by atoms with Gasteiger partial charge in [-0.1, -0.05) is 24.3 Å². The molecule has 11 heteroatoms. The molecule has 1 unspecified atom stereocenters. The number of pyridine rings is 1. The van der Waals surface area contributed by atoms with Crippen molar-refractivity contribution in [3.8, 4) is 0 Å². The van der Waals surface area contributed by atoms with Crippen molar-refractivity contribution in [2.45, 2.75) is 17.2 Å². The van der Waals surface area contributed by atoms with Crippen LogP contribution in [-0.2, 0) is 10.0 Å².